The molecule has 0 aromatic rings. The Morgan fingerprint density at radius 1 is 1.38 bits per heavy atom. The molecule has 0 amide bonds. The van der Waals surface area contributed by atoms with Gasteiger partial charge in [0.2, 0.25) is 0 Å². The van der Waals surface area contributed by atoms with Crippen molar-refractivity contribution in [1.82, 2.24) is 0 Å². The maximum atomic E-state index is 12.5. The van der Waals surface area contributed by atoms with Crippen LogP contribution in [0.15, 0.2) is 12.2 Å². The van der Waals surface area contributed by atoms with Crippen molar-refractivity contribution in [3.8, 4) is 0 Å². The molecule has 3 atom stereocenters. The fraction of sp³-hybridized carbons (Fsp3) is 0.727. The third kappa shape index (κ3) is 3.00. The molecule has 0 aromatic heterocycles. The standard InChI is InChI=1S/C11H15F3O2/c1-2-3-7-6-8(11(12,13)14)4-5-9(7)10(15)16/h2-3,7-9H,4-6H2,1H3,(H,15,16). The van der Waals surface area contributed by atoms with Gasteiger partial charge in [-0.1, -0.05) is 12.2 Å². The van der Waals surface area contributed by atoms with E-state index in [9.17, 15) is 18.0 Å². The van der Waals surface area contributed by atoms with E-state index in [0.717, 1.165) is 0 Å². The van der Waals surface area contributed by atoms with E-state index >= 15 is 0 Å². The molecule has 3 unspecified atom stereocenters. The van der Waals surface area contributed by atoms with Gasteiger partial charge >= 0.3 is 12.1 Å². The van der Waals surface area contributed by atoms with Crippen LogP contribution >= 0.6 is 0 Å². The zero-order valence-electron chi connectivity index (χ0n) is 9.00. The van der Waals surface area contributed by atoms with Crippen LogP contribution in [-0.4, -0.2) is 17.3 Å². The zero-order valence-corrected chi connectivity index (χ0v) is 9.00. The van der Waals surface area contributed by atoms with Gasteiger partial charge in [-0.05, 0) is 32.1 Å². The second kappa shape index (κ2) is 4.89. The van der Waals surface area contributed by atoms with Crippen molar-refractivity contribution in [3.63, 3.8) is 0 Å². The fourth-order valence-corrected chi connectivity index (χ4v) is 2.27. The summed E-state index contributed by atoms with van der Waals surface area (Å²) in [7, 11) is 0. The zero-order chi connectivity index (χ0) is 12.3. The lowest BCUT2D eigenvalue weighted by molar-refractivity contribution is -0.189. The van der Waals surface area contributed by atoms with E-state index in [0.29, 0.717) is 0 Å². The number of rotatable bonds is 2. The lowest BCUT2D eigenvalue weighted by Crippen LogP contribution is -2.35. The van der Waals surface area contributed by atoms with E-state index in [-0.39, 0.29) is 19.3 Å². The molecule has 1 aliphatic carbocycles. The number of allylic oxidation sites excluding steroid dienone is 2. The monoisotopic (exact) mass is 236 g/mol. The van der Waals surface area contributed by atoms with Crippen molar-refractivity contribution in [2.75, 3.05) is 0 Å². The lowest BCUT2D eigenvalue weighted by atomic mass is 9.73. The fourth-order valence-electron chi connectivity index (χ4n) is 2.27. The minimum Gasteiger partial charge on any atom is -0.481 e. The highest BCUT2D eigenvalue weighted by atomic mass is 19.4. The highest BCUT2D eigenvalue weighted by molar-refractivity contribution is 5.70. The quantitative estimate of drug-likeness (QED) is 0.747. The van der Waals surface area contributed by atoms with E-state index in [1.54, 1.807) is 19.1 Å². The van der Waals surface area contributed by atoms with Crippen LogP contribution in [0.3, 0.4) is 0 Å². The molecule has 0 saturated heterocycles. The maximum Gasteiger partial charge on any atom is 0.391 e. The number of halogens is 3. The second-order valence-electron chi connectivity index (χ2n) is 4.19. The van der Waals surface area contributed by atoms with Crippen LogP contribution in [0.25, 0.3) is 0 Å². The van der Waals surface area contributed by atoms with Gasteiger partial charge in [-0.15, -0.1) is 0 Å². The molecule has 16 heavy (non-hydrogen) atoms. The second-order valence-corrected chi connectivity index (χ2v) is 4.19. The van der Waals surface area contributed by atoms with Gasteiger partial charge in [-0.2, -0.15) is 13.2 Å². The first-order valence-electron chi connectivity index (χ1n) is 5.28. The van der Waals surface area contributed by atoms with Crippen LogP contribution in [0.4, 0.5) is 13.2 Å². The van der Waals surface area contributed by atoms with Gasteiger partial charge in [0, 0.05) is 0 Å². The van der Waals surface area contributed by atoms with Crippen molar-refractivity contribution in [2.24, 2.45) is 17.8 Å². The Morgan fingerprint density at radius 2 is 2.00 bits per heavy atom. The van der Waals surface area contributed by atoms with Crippen LogP contribution in [0.1, 0.15) is 26.2 Å². The van der Waals surface area contributed by atoms with Crippen molar-refractivity contribution < 1.29 is 23.1 Å². The molecule has 0 heterocycles. The van der Waals surface area contributed by atoms with Crippen molar-refractivity contribution >= 4 is 5.97 Å². The van der Waals surface area contributed by atoms with Gasteiger partial charge in [-0.25, -0.2) is 0 Å². The molecule has 5 heteroatoms. The molecule has 2 nitrogen and oxygen atoms in total. The van der Waals surface area contributed by atoms with E-state index in [4.69, 9.17) is 5.11 Å². The number of carbonyl (C=O) groups is 1. The predicted octanol–water partition coefficient (Wildman–Crippen LogP) is 3.24. The molecule has 0 radical (unpaired) electrons. The van der Waals surface area contributed by atoms with Crippen LogP contribution < -0.4 is 0 Å². The van der Waals surface area contributed by atoms with Gasteiger partial charge in [0.15, 0.2) is 0 Å². The normalized spacial score (nSPS) is 31.9. The molecule has 0 spiro atoms. The number of alkyl halides is 3. The summed E-state index contributed by atoms with van der Waals surface area (Å²) < 4.78 is 37.5. The van der Waals surface area contributed by atoms with Crippen molar-refractivity contribution in [2.45, 2.75) is 32.4 Å². The topological polar surface area (TPSA) is 37.3 Å². The molecule has 0 bridgehead atoms. The first kappa shape index (κ1) is 13.1. The minimum atomic E-state index is -4.21. The van der Waals surface area contributed by atoms with E-state index in [1.165, 1.54) is 0 Å². The number of hydrogen-bond donors (Lipinski definition) is 1. The lowest BCUT2D eigenvalue weighted by Gasteiger charge is -2.33. The highest BCUT2D eigenvalue weighted by Crippen LogP contribution is 2.42. The Morgan fingerprint density at radius 3 is 2.44 bits per heavy atom. The summed E-state index contributed by atoms with van der Waals surface area (Å²) in [6.45, 7) is 1.69. The number of hydrogen-bond acceptors (Lipinski definition) is 1. The van der Waals surface area contributed by atoms with Gasteiger partial charge in [0.05, 0.1) is 11.8 Å². The minimum absolute atomic E-state index is 0.0749. The Hall–Kier alpha value is -1.00. The average molecular weight is 236 g/mol. The van der Waals surface area contributed by atoms with Gasteiger partial charge in [-0.3, -0.25) is 4.79 Å². The molecule has 1 N–H and O–H groups in total. The third-order valence-electron chi connectivity index (χ3n) is 3.12. The molecule has 1 saturated carbocycles. The summed E-state index contributed by atoms with van der Waals surface area (Å²) >= 11 is 0. The Kier molecular flexibility index (Phi) is 3.99. The number of carboxylic acids is 1. The molecule has 0 aromatic carbocycles. The summed E-state index contributed by atoms with van der Waals surface area (Å²) in [5.74, 6) is -3.52. The van der Waals surface area contributed by atoms with Crippen LogP contribution in [0.5, 0.6) is 0 Å². The summed E-state index contributed by atoms with van der Waals surface area (Å²) in [5.41, 5.74) is 0. The molecule has 1 rings (SSSR count). The van der Waals surface area contributed by atoms with Crippen LogP contribution in [-0.2, 0) is 4.79 Å². The van der Waals surface area contributed by atoms with E-state index < -0.39 is 29.9 Å². The summed E-state index contributed by atoms with van der Waals surface area (Å²) in [6.07, 6.45) is -1.08. The summed E-state index contributed by atoms with van der Waals surface area (Å²) in [6, 6.07) is 0. The van der Waals surface area contributed by atoms with Crippen LogP contribution in [0.2, 0.25) is 0 Å². The average Bonchev–Trinajstić information content (AvgIpc) is 2.16. The summed E-state index contributed by atoms with van der Waals surface area (Å²) in [5, 5.41) is 8.91. The van der Waals surface area contributed by atoms with Gasteiger partial charge in [0.1, 0.15) is 0 Å². The largest absolute Gasteiger partial charge is 0.481 e. The number of aliphatic carboxylic acids is 1. The third-order valence-corrected chi connectivity index (χ3v) is 3.12. The first-order chi connectivity index (χ1) is 7.36. The molecular formula is C11H15F3O2. The van der Waals surface area contributed by atoms with Crippen LogP contribution in [0, 0.1) is 17.8 Å². The van der Waals surface area contributed by atoms with Gasteiger partial charge < -0.3 is 5.11 Å². The molecule has 1 fully saturated rings. The Balaban J connectivity index is 2.76. The van der Waals surface area contributed by atoms with Crippen molar-refractivity contribution in [1.29, 1.82) is 0 Å². The maximum absolute atomic E-state index is 12.5. The molecule has 0 aliphatic heterocycles. The molecule has 1 aliphatic rings. The van der Waals surface area contributed by atoms with E-state index in [2.05, 4.69) is 0 Å². The highest BCUT2D eigenvalue weighted by Gasteiger charge is 2.45. The Labute approximate surface area is 92.1 Å². The Bertz CT molecular complexity index is 283. The van der Waals surface area contributed by atoms with E-state index in [1.807, 2.05) is 0 Å². The SMILES string of the molecule is CC=CC1CC(C(F)(F)F)CCC1C(=O)O. The first-order valence-corrected chi connectivity index (χ1v) is 5.28. The number of carboxylic acid groups (broad SMARTS) is 1. The predicted molar refractivity (Wildman–Crippen MR) is 52.8 cm³/mol. The smallest absolute Gasteiger partial charge is 0.391 e. The van der Waals surface area contributed by atoms with Crippen molar-refractivity contribution in [3.05, 3.63) is 12.2 Å². The summed E-state index contributed by atoms with van der Waals surface area (Å²) in [4.78, 5) is 10.9. The molecule has 92 valence electrons. The van der Waals surface area contributed by atoms with Gasteiger partial charge in [0.25, 0.3) is 0 Å². The molecular weight excluding hydrogens is 221 g/mol.